The molecule has 0 spiro atoms. The Balaban J connectivity index is 2.46. The lowest BCUT2D eigenvalue weighted by atomic mass is 10.0. The molecular weight excluding hydrogens is 352 g/mol. The zero-order valence-corrected chi connectivity index (χ0v) is 15.2. The van der Waals surface area contributed by atoms with Gasteiger partial charge in [0.15, 0.2) is 0 Å². The zero-order chi connectivity index (χ0) is 20.3. The summed E-state index contributed by atoms with van der Waals surface area (Å²) in [6, 6.07) is 2.97. The van der Waals surface area contributed by atoms with Crippen LogP contribution in [0.5, 0.6) is 0 Å². The Labute approximate surface area is 155 Å². The van der Waals surface area contributed by atoms with Crippen molar-refractivity contribution in [1.82, 2.24) is 9.91 Å². The smallest absolute Gasteiger partial charge is 0.340 e. The summed E-state index contributed by atoms with van der Waals surface area (Å²) in [4.78, 5) is 26.6. The quantitative estimate of drug-likeness (QED) is 0.156. The van der Waals surface area contributed by atoms with Gasteiger partial charge in [0.05, 0.1) is 30.5 Å². The van der Waals surface area contributed by atoms with Crippen LogP contribution < -0.4 is 22.7 Å². The summed E-state index contributed by atoms with van der Waals surface area (Å²) in [5.74, 6) is 10.3. The minimum Gasteiger partial charge on any atom is -0.465 e. The molecule has 27 heavy (non-hydrogen) atoms. The number of carbonyl (C=O) groups is 2. The molecular formula is C16H22N8O3. The third-order valence-electron chi connectivity index (χ3n) is 4.28. The first-order valence-electron chi connectivity index (χ1n) is 7.83. The molecule has 2 rings (SSSR count). The maximum Gasteiger partial charge on any atom is 0.340 e. The highest BCUT2D eigenvalue weighted by molar-refractivity contribution is 6.12. The highest BCUT2D eigenvalue weighted by Gasteiger charge is 2.29. The Hall–Kier alpha value is -3.60. The van der Waals surface area contributed by atoms with E-state index in [0.29, 0.717) is 17.2 Å². The maximum absolute atomic E-state index is 12.8. The number of esters is 1. The summed E-state index contributed by atoms with van der Waals surface area (Å²) in [7, 11) is 2.87. The SMILES string of the molecule is COC(=O)c1c(NC(=O)C2=C(C)N(C)/C(=N/N)N(N)C2)ccc(N)c1C=N. The van der Waals surface area contributed by atoms with E-state index in [0.717, 1.165) is 6.21 Å². The van der Waals surface area contributed by atoms with Crippen LogP contribution in [0.25, 0.3) is 0 Å². The van der Waals surface area contributed by atoms with Gasteiger partial charge in [-0.15, -0.1) is 5.10 Å². The molecule has 1 aromatic carbocycles. The average molecular weight is 374 g/mol. The van der Waals surface area contributed by atoms with Crippen molar-refractivity contribution in [1.29, 1.82) is 5.41 Å². The number of amides is 1. The molecule has 8 N–H and O–H groups in total. The molecule has 0 radical (unpaired) electrons. The Bertz CT molecular complexity index is 861. The van der Waals surface area contributed by atoms with Crippen LogP contribution in [0, 0.1) is 5.41 Å². The fourth-order valence-corrected chi connectivity index (χ4v) is 2.71. The van der Waals surface area contributed by atoms with E-state index in [1.807, 2.05) is 0 Å². The number of ether oxygens (including phenoxy) is 1. The minimum absolute atomic E-state index is 0.00270. The van der Waals surface area contributed by atoms with Crippen molar-refractivity contribution < 1.29 is 14.3 Å². The van der Waals surface area contributed by atoms with E-state index in [2.05, 4.69) is 10.4 Å². The number of hydrogen-bond acceptors (Lipinski definition) is 8. The molecule has 11 nitrogen and oxygen atoms in total. The van der Waals surface area contributed by atoms with Gasteiger partial charge in [0, 0.05) is 30.2 Å². The van der Waals surface area contributed by atoms with Gasteiger partial charge >= 0.3 is 5.97 Å². The number of nitrogens with one attached hydrogen (secondary N) is 2. The first-order chi connectivity index (χ1) is 12.8. The van der Waals surface area contributed by atoms with E-state index >= 15 is 0 Å². The van der Waals surface area contributed by atoms with Gasteiger partial charge in [-0.1, -0.05) is 0 Å². The average Bonchev–Trinajstić information content (AvgIpc) is 2.65. The summed E-state index contributed by atoms with van der Waals surface area (Å²) in [5, 5.41) is 15.0. The molecule has 0 bridgehead atoms. The summed E-state index contributed by atoms with van der Waals surface area (Å²) in [6.07, 6.45) is 0.932. The molecule has 144 valence electrons. The number of carbonyl (C=O) groups excluding carboxylic acids is 2. The summed E-state index contributed by atoms with van der Waals surface area (Å²) in [5.41, 5.74) is 7.32. The van der Waals surface area contributed by atoms with Gasteiger partial charge in [-0.2, -0.15) is 0 Å². The van der Waals surface area contributed by atoms with E-state index in [1.165, 1.54) is 24.3 Å². The molecule has 0 aliphatic carbocycles. The lowest BCUT2D eigenvalue weighted by Gasteiger charge is -2.35. The Morgan fingerprint density at radius 1 is 1.41 bits per heavy atom. The number of methoxy groups -OCH3 is 1. The van der Waals surface area contributed by atoms with Crippen LogP contribution in [-0.2, 0) is 9.53 Å². The normalized spacial score (nSPS) is 15.8. The summed E-state index contributed by atoms with van der Waals surface area (Å²) in [6.45, 7) is 1.79. The predicted octanol–water partition coefficient (Wildman–Crippen LogP) is -0.384. The van der Waals surface area contributed by atoms with E-state index in [-0.39, 0.29) is 29.0 Å². The number of nitrogens with two attached hydrogens (primary N) is 3. The Morgan fingerprint density at radius 3 is 2.63 bits per heavy atom. The molecule has 0 saturated carbocycles. The number of rotatable bonds is 4. The van der Waals surface area contributed by atoms with Crippen LogP contribution in [0.3, 0.4) is 0 Å². The second-order valence-corrected chi connectivity index (χ2v) is 5.76. The van der Waals surface area contributed by atoms with Gasteiger partial charge in [0.1, 0.15) is 0 Å². The van der Waals surface area contributed by atoms with Crippen molar-refractivity contribution in [2.45, 2.75) is 6.92 Å². The molecule has 1 amide bonds. The number of guanidine groups is 1. The van der Waals surface area contributed by atoms with Crippen molar-refractivity contribution in [2.24, 2.45) is 16.8 Å². The number of hydrazine groups is 1. The Morgan fingerprint density at radius 2 is 2.07 bits per heavy atom. The predicted molar refractivity (Wildman–Crippen MR) is 102 cm³/mol. The first-order valence-corrected chi connectivity index (χ1v) is 7.83. The molecule has 0 saturated heterocycles. The fourth-order valence-electron chi connectivity index (χ4n) is 2.71. The zero-order valence-electron chi connectivity index (χ0n) is 15.2. The third kappa shape index (κ3) is 3.53. The molecule has 1 aromatic rings. The van der Waals surface area contributed by atoms with Crippen LogP contribution in [0.4, 0.5) is 11.4 Å². The largest absolute Gasteiger partial charge is 0.465 e. The van der Waals surface area contributed by atoms with E-state index < -0.39 is 11.9 Å². The van der Waals surface area contributed by atoms with Crippen molar-refractivity contribution in [2.75, 3.05) is 31.8 Å². The standard InChI is InChI=1S/C16H22N8O3/c1-8-10(7-24(20)16(22-19)23(8)2)14(25)21-12-5-4-11(18)9(6-17)13(12)15(26)27-3/h4-6,17H,7,18-20H2,1-3H3,(H,21,25)/b17-6?,22-16-. The molecule has 1 aliphatic heterocycles. The van der Waals surface area contributed by atoms with Gasteiger partial charge < -0.3 is 31.9 Å². The van der Waals surface area contributed by atoms with Gasteiger partial charge in [0.25, 0.3) is 5.91 Å². The summed E-state index contributed by atoms with van der Waals surface area (Å²) >= 11 is 0. The number of hydrazone groups is 1. The monoisotopic (exact) mass is 374 g/mol. The van der Waals surface area contributed by atoms with Crippen LogP contribution in [-0.4, -0.2) is 54.7 Å². The van der Waals surface area contributed by atoms with Gasteiger partial charge in [-0.25, -0.2) is 10.6 Å². The van der Waals surface area contributed by atoms with E-state index in [9.17, 15) is 9.59 Å². The molecule has 0 atom stereocenters. The number of nitrogens with zero attached hydrogens (tertiary/aromatic N) is 3. The summed E-state index contributed by atoms with van der Waals surface area (Å²) < 4.78 is 4.76. The van der Waals surface area contributed by atoms with Gasteiger partial charge in [0.2, 0.25) is 5.96 Å². The molecule has 1 aliphatic rings. The molecule has 1 heterocycles. The molecule has 0 aromatic heterocycles. The number of hydrogen-bond donors (Lipinski definition) is 5. The maximum atomic E-state index is 12.8. The van der Waals surface area contributed by atoms with Crippen LogP contribution in [0.15, 0.2) is 28.5 Å². The fraction of sp³-hybridized carbons (Fsp3) is 0.250. The minimum atomic E-state index is -0.722. The number of anilines is 2. The van der Waals surface area contributed by atoms with Crippen molar-refractivity contribution in [3.8, 4) is 0 Å². The van der Waals surface area contributed by atoms with Crippen LogP contribution in [0.1, 0.15) is 22.8 Å². The molecule has 0 unspecified atom stereocenters. The number of allylic oxidation sites excluding steroid dienone is 1. The van der Waals surface area contributed by atoms with Crippen molar-refractivity contribution >= 4 is 35.4 Å². The number of nitrogen functional groups attached to an aromatic ring is 1. The highest BCUT2D eigenvalue weighted by Crippen LogP contribution is 2.26. The van der Waals surface area contributed by atoms with Crippen molar-refractivity contribution in [3.05, 3.63) is 34.5 Å². The third-order valence-corrected chi connectivity index (χ3v) is 4.28. The number of benzene rings is 1. The first kappa shape index (κ1) is 19.7. The van der Waals surface area contributed by atoms with E-state index in [1.54, 1.807) is 18.9 Å². The van der Waals surface area contributed by atoms with Gasteiger partial charge in [-0.3, -0.25) is 9.80 Å². The van der Waals surface area contributed by atoms with Crippen LogP contribution >= 0.6 is 0 Å². The lowest BCUT2D eigenvalue weighted by molar-refractivity contribution is -0.113. The topological polar surface area (TPSA) is 176 Å². The molecule has 11 heteroatoms. The second-order valence-electron chi connectivity index (χ2n) is 5.76. The van der Waals surface area contributed by atoms with E-state index in [4.69, 9.17) is 27.6 Å². The second kappa shape index (κ2) is 7.74. The lowest BCUT2D eigenvalue weighted by Crippen LogP contribution is -2.52. The van der Waals surface area contributed by atoms with Gasteiger partial charge in [-0.05, 0) is 19.1 Å². The van der Waals surface area contributed by atoms with Crippen molar-refractivity contribution in [3.63, 3.8) is 0 Å². The molecule has 0 fully saturated rings. The highest BCUT2D eigenvalue weighted by atomic mass is 16.5. The Kier molecular flexibility index (Phi) is 5.66. The van der Waals surface area contributed by atoms with Crippen LogP contribution in [0.2, 0.25) is 0 Å².